The Balaban J connectivity index is 1.62. The normalized spacial score (nSPS) is 12.4. The van der Waals surface area contributed by atoms with Crippen molar-refractivity contribution in [2.24, 2.45) is 0 Å². The van der Waals surface area contributed by atoms with E-state index in [9.17, 15) is 4.79 Å². The number of rotatable bonds is 7. The zero-order valence-electron chi connectivity index (χ0n) is 14.7. The number of para-hydroxylation sites is 1. The maximum absolute atomic E-state index is 12.2. The van der Waals surface area contributed by atoms with Crippen LogP contribution in [0.5, 0.6) is 0 Å². The Morgan fingerprint density at radius 1 is 1.12 bits per heavy atom. The highest BCUT2D eigenvalue weighted by molar-refractivity contribution is 7.99. The van der Waals surface area contributed by atoms with Gasteiger partial charge in [-0.05, 0) is 38.1 Å². The minimum Gasteiger partial charge on any atom is -0.328 e. The lowest BCUT2D eigenvalue weighted by Crippen LogP contribution is -3.10. The van der Waals surface area contributed by atoms with Gasteiger partial charge in [0.1, 0.15) is 6.54 Å². The summed E-state index contributed by atoms with van der Waals surface area (Å²) in [5, 5.41) is 0.652. The molecule has 0 fully saturated rings. The molecule has 0 saturated carbocycles. The van der Waals surface area contributed by atoms with Crippen LogP contribution in [0, 0.1) is 6.92 Å². The van der Waals surface area contributed by atoms with Crippen LogP contribution in [0.3, 0.4) is 0 Å². The Bertz CT molecular complexity index is 889. The van der Waals surface area contributed by atoms with Crippen LogP contribution < -0.4 is 10.5 Å². The lowest BCUT2D eigenvalue weighted by atomic mass is 10.2. The summed E-state index contributed by atoms with van der Waals surface area (Å²) in [6.07, 6.45) is 0. The molecule has 3 aromatic rings. The summed E-state index contributed by atoms with van der Waals surface area (Å²) in [4.78, 5) is 22.5. The number of benzene rings is 2. The van der Waals surface area contributed by atoms with Crippen molar-refractivity contribution in [3.63, 3.8) is 0 Å². The molecule has 0 spiro atoms. The second kappa shape index (κ2) is 8.32. The van der Waals surface area contributed by atoms with Gasteiger partial charge in [0, 0.05) is 10.6 Å². The summed E-state index contributed by atoms with van der Waals surface area (Å²) in [7, 11) is 0. The van der Waals surface area contributed by atoms with Gasteiger partial charge in [-0.25, -0.2) is 4.98 Å². The van der Waals surface area contributed by atoms with Crippen LogP contribution in [0.25, 0.3) is 10.9 Å². The number of nitrogens with zero attached hydrogens (tertiary/aromatic N) is 1. The van der Waals surface area contributed by atoms with Gasteiger partial charge in [-0.2, -0.15) is 0 Å². The van der Waals surface area contributed by atoms with Crippen molar-refractivity contribution in [1.29, 1.82) is 0 Å². The molecule has 3 rings (SSSR count). The Morgan fingerprint density at radius 2 is 1.88 bits per heavy atom. The third-order valence-corrected chi connectivity index (χ3v) is 5.34. The highest BCUT2D eigenvalue weighted by atomic mass is 32.2. The first kappa shape index (κ1) is 17.7. The summed E-state index contributed by atoms with van der Waals surface area (Å²) in [6.45, 7) is 7.06. The molecule has 1 aromatic heterocycles. The van der Waals surface area contributed by atoms with Crippen molar-refractivity contribution < 1.29 is 4.90 Å². The quantitative estimate of drug-likeness (QED) is 0.641. The van der Waals surface area contributed by atoms with E-state index in [1.54, 1.807) is 0 Å². The lowest BCUT2D eigenvalue weighted by molar-refractivity contribution is -0.910. The van der Waals surface area contributed by atoms with E-state index in [4.69, 9.17) is 0 Å². The van der Waals surface area contributed by atoms with Crippen LogP contribution in [-0.4, -0.2) is 28.8 Å². The molecule has 0 aliphatic carbocycles. The molecule has 5 heteroatoms. The molecule has 0 amide bonds. The molecule has 1 atom stereocenters. The fourth-order valence-corrected chi connectivity index (χ4v) is 3.75. The average Bonchev–Trinajstić information content (AvgIpc) is 2.62. The van der Waals surface area contributed by atoms with Crippen molar-refractivity contribution in [1.82, 2.24) is 9.97 Å². The Labute approximate surface area is 152 Å². The molecule has 2 N–H and O–H groups in total. The number of aromatic amines is 1. The van der Waals surface area contributed by atoms with Gasteiger partial charge in [-0.15, -0.1) is 11.8 Å². The second-order valence-electron chi connectivity index (χ2n) is 6.22. The van der Waals surface area contributed by atoms with E-state index in [0.717, 1.165) is 36.7 Å². The molecular weight excluding hydrogens is 330 g/mol. The number of H-pyrrole nitrogens is 1. The molecule has 130 valence electrons. The first-order valence-corrected chi connectivity index (χ1v) is 9.65. The van der Waals surface area contributed by atoms with Gasteiger partial charge in [0.05, 0.1) is 24.0 Å². The zero-order valence-corrected chi connectivity index (χ0v) is 15.5. The number of hydrogen-bond donors (Lipinski definition) is 2. The minimum atomic E-state index is -0.0508. The highest BCUT2D eigenvalue weighted by Gasteiger charge is 2.11. The monoisotopic (exact) mass is 354 g/mol. The zero-order chi connectivity index (χ0) is 17.6. The van der Waals surface area contributed by atoms with Crippen LogP contribution in [0.2, 0.25) is 0 Å². The summed E-state index contributed by atoms with van der Waals surface area (Å²) < 4.78 is 0. The van der Waals surface area contributed by atoms with Crippen molar-refractivity contribution >= 4 is 22.7 Å². The molecule has 1 unspecified atom stereocenters. The van der Waals surface area contributed by atoms with E-state index in [1.165, 1.54) is 15.4 Å². The topological polar surface area (TPSA) is 50.2 Å². The first-order valence-electron chi connectivity index (χ1n) is 8.66. The van der Waals surface area contributed by atoms with E-state index >= 15 is 0 Å². The first-order chi connectivity index (χ1) is 12.2. The maximum Gasteiger partial charge on any atom is 0.258 e. The van der Waals surface area contributed by atoms with Crippen LogP contribution in [0.4, 0.5) is 0 Å². The largest absolute Gasteiger partial charge is 0.328 e. The Morgan fingerprint density at radius 3 is 2.64 bits per heavy atom. The third-order valence-electron chi connectivity index (χ3n) is 4.32. The summed E-state index contributed by atoms with van der Waals surface area (Å²) in [5.41, 5.74) is 2.01. The van der Waals surface area contributed by atoms with Gasteiger partial charge in [-0.3, -0.25) is 4.79 Å². The fourth-order valence-electron chi connectivity index (χ4n) is 2.79. The summed E-state index contributed by atoms with van der Waals surface area (Å²) in [6, 6.07) is 16.1. The fraction of sp³-hybridized carbons (Fsp3) is 0.300. The standard InChI is InChI=1S/C20H23N3OS/c1-3-23(12-13-25-16-10-8-15(2)9-11-16)14-19-21-18-7-5-4-6-17(18)20(24)22-19/h4-11H,3,12-14H2,1-2H3,(H,21,22,24)/p+1. The predicted molar refractivity (Wildman–Crippen MR) is 104 cm³/mol. The van der Waals surface area contributed by atoms with Crippen molar-refractivity contribution in [2.45, 2.75) is 25.3 Å². The number of hydrogen-bond acceptors (Lipinski definition) is 3. The van der Waals surface area contributed by atoms with Gasteiger partial charge < -0.3 is 9.88 Å². The van der Waals surface area contributed by atoms with Gasteiger partial charge >= 0.3 is 0 Å². The minimum absolute atomic E-state index is 0.0508. The molecule has 0 aliphatic heterocycles. The SMILES string of the molecule is CC[NH+](CCSc1ccc(C)cc1)Cc1nc2ccccc2c(=O)[nH]1. The molecular formula is C20H24N3OS+. The molecule has 4 nitrogen and oxygen atoms in total. The van der Waals surface area contributed by atoms with Crippen LogP contribution in [0.1, 0.15) is 18.3 Å². The molecule has 1 heterocycles. The smallest absolute Gasteiger partial charge is 0.258 e. The van der Waals surface area contributed by atoms with Gasteiger partial charge in [0.15, 0.2) is 5.82 Å². The molecule has 0 bridgehead atoms. The van der Waals surface area contributed by atoms with E-state index < -0.39 is 0 Å². The number of thioether (sulfide) groups is 1. The summed E-state index contributed by atoms with van der Waals surface area (Å²) in [5.74, 6) is 1.81. The molecule has 25 heavy (non-hydrogen) atoms. The van der Waals surface area contributed by atoms with E-state index in [2.05, 4.69) is 48.1 Å². The van der Waals surface area contributed by atoms with Gasteiger partial charge in [0.25, 0.3) is 5.56 Å². The highest BCUT2D eigenvalue weighted by Crippen LogP contribution is 2.17. The summed E-state index contributed by atoms with van der Waals surface area (Å²) >= 11 is 1.88. The van der Waals surface area contributed by atoms with Crippen LogP contribution in [-0.2, 0) is 6.54 Å². The third kappa shape index (κ3) is 4.71. The van der Waals surface area contributed by atoms with Crippen molar-refractivity contribution in [2.75, 3.05) is 18.8 Å². The van der Waals surface area contributed by atoms with E-state index in [1.807, 2.05) is 36.0 Å². The van der Waals surface area contributed by atoms with Gasteiger partial charge in [-0.1, -0.05) is 29.8 Å². The Kier molecular flexibility index (Phi) is 5.89. The number of nitrogens with one attached hydrogen (secondary N) is 2. The lowest BCUT2D eigenvalue weighted by Gasteiger charge is -2.17. The Hall–Kier alpha value is -2.11. The van der Waals surface area contributed by atoms with E-state index in [-0.39, 0.29) is 5.56 Å². The van der Waals surface area contributed by atoms with Gasteiger partial charge in [0.2, 0.25) is 0 Å². The predicted octanol–water partition coefficient (Wildman–Crippen LogP) is 2.43. The molecule has 0 radical (unpaired) electrons. The maximum atomic E-state index is 12.2. The van der Waals surface area contributed by atoms with Crippen molar-refractivity contribution in [3.05, 3.63) is 70.3 Å². The van der Waals surface area contributed by atoms with Crippen molar-refractivity contribution in [3.8, 4) is 0 Å². The van der Waals surface area contributed by atoms with Crippen LogP contribution in [0.15, 0.2) is 58.2 Å². The van der Waals surface area contributed by atoms with Crippen LogP contribution >= 0.6 is 11.8 Å². The number of fused-ring (bicyclic) bond motifs is 1. The number of quaternary nitrogens is 1. The van der Waals surface area contributed by atoms with E-state index in [0.29, 0.717) is 5.39 Å². The number of aromatic nitrogens is 2. The number of aryl methyl sites for hydroxylation is 1. The molecule has 2 aromatic carbocycles. The molecule has 0 saturated heterocycles. The average molecular weight is 354 g/mol. The second-order valence-corrected chi connectivity index (χ2v) is 7.39. The molecule has 0 aliphatic rings.